The molecular formula is C83H153N5O28S. The quantitative estimate of drug-likeness (QED) is 0.0634. The number of aliphatic hydroxyl groups excluding tert-OH is 5. The molecule has 6 fully saturated rings. The van der Waals surface area contributed by atoms with E-state index in [1.54, 1.807) is 97.1 Å². The van der Waals surface area contributed by atoms with Gasteiger partial charge in [0.15, 0.2) is 31.3 Å². The summed E-state index contributed by atoms with van der Waals surface area (Å²) < 4.78 is 86.8. The fourth-order valence-electron chi connectivity index (χ4n) is 18.4. The van der Waals surface area contributed by atoms with Crippen LogP contribution in [0.5, 0.6) is 0 Å². The van der Waals surface area contributed by atoms with Crippen molar-refractivity contribution >= 4 is 40.9 Å². The lowest BCUT2D eigenvalue weighted by atomic mass is 9.77. The lowest BCUT2D eigenvalue weighted by Gasteiger charge is -2.49. The van der Waals surface area contributed by atoms with Crippen molar-refractivity contribution in [3.63, 3.8) is 0 Å². The van der Waals surface area contributed by atoms with Gasteiger partial charge in [-0.2, -0.15) is 0 Å². The number of likely N-dealkylation sites (N-methyl/N-ethyl adjacent to an activating group) is 4. The summed E-state index contributed by atoms with van der Waals surface area (Å²) in [7, 11) is 15.2. The van der Waals surface area contributed by atoms with Crippen molar-refractivity contribution in [2.75, 3.05) is 82.5 Å². The maximum Gasteiger partial charge on any atom is 0.367 e. The molecule has 117 heavy (non-hydrogen) atoms. The van der Waals surface area contributed by atoms with Crippen molar-refractivity contribution < 1.29 is 136 Å². The number of ether oxygens (including phenoxy) is 14. The smallest absolute Gasteiger partial charge is 0.367 e. The molecule has 0 aliphatic carbocycles. The topological polar surface area (TPSA) is 422 Å². The Kier molecular flexibility index (Phi) is 38.9. The Balaban J connectivity index is 0.000000427. The Morgan fingerprint density at radius 1 is 0.547 bits per heavy atom. The number of nitrogens with one attached hydrogen (secondary N) is 1. The van der Waals surface area contributed by atoms with Crippen molar-refractivity contribution in [1.29, 1.82) is 0 Å². The van der Waals surface area contributed by atoms with Crippen LogP contribution in [0.3, 0.4) is 0 Å². The summed E-state index contributed by atoms with van der Waals surface area (Å²) in [6.07, 6.45) is -17.9. The monoisotopic (exact) mass is 1700 g/mol. The van der Waals surface area contributed by atoms with E-state index in [2.05, 4.69) is 5.32 Å². The molecule has 6 aliphatic rings. The molecule has 0 aromatic carbocycles. The number of esters is 3. The third-order valence-corrected chi connectivity index (χ3v) is 26.7. The number of hydrogen-bond donors (Lipinski definition) is 10. The van der Waals surface area contributed by atoms with E-state index in [1.165, 1.54) is 42.1 Å². The molecule has 0 spiro atoms. The van der Waals surface area contributed by atoms with Crippen LogP contribution in [-0.2, 0) is 85.5 Å². The molecule has 0 radical (unpaired) electrons. The van der Waals surface area contributed by atoms with Gasteiger partial charge in [-0.1, -0.05) is 41.5 Å². The van der Waals surface area contributed by atoms with Crippen LogP contribution in [-0.4, -0.2) is 364 Å². The lowest BCUT2D eigenvalue weighted by molar-refractivity contribution is -0.318. The van der Waals surface area contributed by atoms with Gasteiger partial charge in [-0.15, -0.1) is 0 Å². The van der Waals surface area contributed by atoms with Gasteiger partial charge in [-0.25, -0.2) is 9.59 Å². The summed E-state index contributed by atoms with van der Waals surface area (Å²) in [5.41, 5.74) is -9.06. The molecule has 6 rings (SSSR count). The predicted molar refractivity (Wildman–Crippen MR) is 435 cm³/mol. The molecule has 37 atom stereocenters. The zero-order valence-electron chi connectivity index (χ0n) is 75.7. The maximum atomic E-state index is 14.5. The fourth-order valence-corrected chi connectivity index (χ4v) is 19.1. The van der Waals surface area contributed by atoms with Crippen LogP contribution in [0.2, 0.25) is 0 Å². The zero-order valence-corrected chi connectivity index (χ0v) is 76.5. The van der Waals surface area contributed by atoms with E-state index in [0.29, 0.717) is 37.7 Å². The van der Waals surface area contributed by atoms with E-state index in [-0.39, 0.29) is 68.3 Å². The van der Waals surface area contributed by atoms with Crippen molar-refractivity contribution in [3.05, 3.63) is 0 Å². The molecule has 33 nitrogen and oxygen atoms in total. The van der Waals surface area contributed by atoms with Crippen molar-refractivity contribution in [2.45, 2.75) is 383 Å². The van der Waals surface area contributed by atoms with Crippen molar-refractivity contribution in [3.8, 4) is 0 Å². The minimum Gasteiger partial charge on any atom is -0.467 e. The molecule has 34 heteroatoms. The predicted octanol–water partition coefficient (Wildman–Crippen LogP) is 4.36. The molecule has 10 N–H and O–H groups in total. The Bertz CT molecular complexity index is 3110. The minimum absolute atomic E-state index is 0.0594. The first-order valence-corrected chi connectivity index (χ1v) is 42.9. The van der Waals surface area contributed by atoms with Gasteiger partial charge in [-0.3, -0.25) is 14.4 Å². The molecule has 0 unspecified atom stereocenters. The molecule has 6 aliphatic heterocycles. The van der Waals surface area contributed by atoms with Crippen LogP contribution in [0.15, 0.2) is 0 Å². The number of rotatable bonds is 19. The number of nitrogens with zero attached hydrogens (tertiary/aromatic N) is 4. The van der Waals surface area contributed by atoms with E-state index in [1.807, 2.05) is 89.5 Å². The first-order valence-electron chi connectivity index (χ1n) is 41.9. The van der Waals surface area contributed by atoms with E-state index >= 15 is 0 Å². The largest absolute Gasteiger partial charge is 0.467 e. The maximum absolute atomic E-state index is 14.5. The summed E-state index contributed by atoms with van der Waals surface area (Å²) in [5.74, 6) is -7.02. The highest BCUT2D eigenvalue weighted by atomic mass is 32.2. The van der Waals surface area contributed by atoms with E-state index in [4.69, 9.17) is 66.3 Å². The third kappa shape index (κ3) is 26.2. The summed E-state index contributed by atoms with van der Waals surface area (Å²) in [5, 5.41) is 107. The second kappa shape index (κ2) is 43.6. The molecule has 1 amide bonds. The molecule has 0 bridgehead atoms. The SMILES string of the molecule is CC[C@H]1OC(=O)[C@H](C)[C@@H](O[C@H]2C[C@@](C)(OC)[C@@H](O)[C@H](C)O2)[C@H](C)[C@@H](O[C@@H]2O[C@H](C)C[C@H](N(C)C)[C@H]2O)[C@](C)(O)C[C@@H](C)CN(C)[C@H](C)[C@@H](O)[C@]1(C)O.CC[C@H]1OC(=O)[C@H](C)[C@@H](O[C@H]2C[C@@](C)(OC)[C@@H](O)[C@H](C)O2)[C@H](C)[C@@H](O[C@@H]2O[C@H](C)C[C@H](N(C)C)[C@H]2OC(=O)SC[C@H](NC(C)=O)C(=O)OC)[C@](C)(O)C[C@@H](C)CN(C)[C@H](C)[C@@H](O)[C@]1(C)O. The van der Waals surface area contributed by atoms with E-state index in [0.717, 1.165) is 0 Å². The normalized spacial score (nSPS) is 45.5. The molecule has 6 saturated heterocycles. The molecule has 684 valence electrons. The van der Waals surface area contributed by atoms with Crippen LogP contribution < -0.4 is 5.32 Å². The summed E-state index contributed by atoms with van der Waals surface area (Å²) in [6, 6.07) is -3.01. The Labute approximate surface area is 700 Å². The van der Waals surface area contributed by atoms with Gasteiger partial charge in [0.2, 0.25) is 5.91 Å². The van der Waals surface area contributed by atoms with Gasteiger partial charge >= 0.3 is 23.2 Å². The van der Waals surface area contributed by atoms with Crippen LogP contribution in [0.1, 0.15) is 197 Å². The van der Waals surface area contributed by atoms with Gasteiger partial charge in [0.05, 0.1) is 96.2 Å². The van der Waals surface area contributed by atoms with Crippen LogP contribution in [0.4, 0.5) is 4.79 Å². The minimum atomic E-state index is -1.87. The van der Waals surface area contributed by atoms with Crippen LogP contribution in [0.25, 0.3) is 0 Å². The molecule has 0 aromatic rings. The number of methoxy groups -OCH3 is 3. The third-order valence-electron chi connectivity index (χ3n) is 25.9. The summed E-state index contributed by atoms with van der Waals surface area (Å²) in [4.78, 5) is 74.2. The number of thioether (sulfide) groups is 1. The Hall–Kier alpha value is -3.22. The molecular weight excluding hydrogens is 1550 g/mol. The number of carbonyl (C=O) groups excluding carboxylic acids is 5. The van der Waals surface area contributed by atoms with E-state index in [9.17, 15) is 69.9 Å². The number of carbonyl (C=O) groups is 5. The highest BCUT2D eigenvalue weighted by Crippen LogP contribution is 2.44. The molecule has 0 saturated carbocycles. The van der Waals surface area contributed by atoms with Gasteiger partial charge in [-0.05, 0) is 201 Å². The zero-order chi connectivity index (χ0) is 89.2. The van der Waals surface area contributed by atoms with Crippen LogP contribution >= 0.6 is 11.8 Å². The first kappa shape index (κ1) is 104. The summed E-state index contributed by atoms with van der Waals surface area (Å²) >= 11 is 0.663. The van der Waals surface area contributed by atoms with Gasteiger partial charge < -0.3 is 137 Å². The Morgan fingerprint density at radius 3 is 1.28 bits per heavy atom. The lowest BCUT2D eigenvalue weighted by Crippen LogP contribution is -2.61. The number of aliphatic hydroxyl groups is 9. The number of cyclic esters (lactones) is 2. The second-order valence-corrected chi connectivity index (χ2v) is 37.7. The van der Waals surface area contributed by atoms with Crippen LogP contribution in [0, 0.1) is 35.5 Å². The van der Waals surface area contributed by atoms with E-state index < -0.39 is 227 Å². The molecule has 6 heterocycles. The highest BCUT2D eigenvalue weighted by molar-refractivity contribution is 8.13. The number of hydrogen-bond acceptors (Lipinski definition) is 33. The second-order valence-electron chi connectivity index (χ2n) is 36.8. The number of amides is 1. The highest BCUT2D eigenvalue weighted by Gasteiger charge is 2.57. The van der Waals surface area contributed by atoms with Crippen molar-refractivity contribution in [2.24, 2.45) is 35.5 Å². The average molecular weight is 1700 g/mol. The fraction of sp³-hybridized carbons (Fsp3) is 0.940. The van der Waals surface area contributed by atoms with Gasteiger partial charge in [0.25, 0.3) is 0 Å². The average Bonchev–Trinajstić information content (AvgIpc) is 1.01. The van der Waals surface area contributed by atoms with Gasteiger partial charge in [0.1, 0.15) is 60.0 Å². The van der Waals surface area contributed by atoms with Crippen molar-refractivity contribution in [1.82, 2.24) is 24.9 Å². The van der Waals surface area contributed by atoms with Gasteiger partial charge in [0, 0.05) is 82.8 Å². The molecule has 0 aromatic heterocycles. The first-order chi connectivity index (χ1) is 53.9. The standard InChI is InChI=1S/C45H81N3O16S.C38H72N2O12/c1-17-32-45(11,56)36(50)27(6)48(14)21-23(2)19-43(9,55)38(25(4)34(26(5)39(52)61-32)62-33-20-44(10,58-16)37(51)28(7)60-33)64-41-35(31(47(12)13)18-24(3)59-41)63-42(54)65-22-30(40(53)57-15)46-29(8)49;1-15-27-38(10,46)31(42)24(6)40(13)19-20(2)17-36(8,45)33(52-35-29(41)26(39(11)12)16-21(3)48-35)22(4)30(23(5)34(44)50-27)51-28-18-37(9,47-14)32(43)25(7)49-28/h23-28,30-38,41,50-51,55-56H,17-22H2,1-16H3,(H,46,49);20-33,35,41-43,45-46H,15-19H2,1-14H3/t23-,24-,25+,26-,27-,28+,30+,31+,32-,33+,34+,35-,36-,37+,38-,41+,43-,44-,45-;20-,21-,22+,23-,24-,25+,26+,27-,28+,29-,30+,31-,32+,33-,35+,36-,37-,38-/m11/s1. The summed E-state index contributed by atoms with van der Waals surface area (Å²) in [6.45, 7) is 36.8. The Morgan fingerprint density at radius 2 is 0.923 bits per heavy atom.